The zero-order valence-electron chi connectivity index (χ0n) is 19.8. The predicted molar refractivity (Wildman–Crippen MR) is 125 cm³/mol. The van der Waals surface area contributed by atoms with E-state index in [4.69, 9.17) is 10.5 Å². The second kappa shape index (κ2) is 11.1. The van der Waals surface area contributed by atoms with Crippen LogP contribution >= 0.6 is 0 Å². The number of ether oxygens (including phenoxy) is 1. The molecule has 2 aromatic rings. The Morgan fingerprint density at radius 3 is 2.32 bits per heavy atom. The van der Waals surface area contributed by atoms with Crippen molar-refractivity contribution < 1.29 is 9.53 Å². The van der Waals surface area contributed by atoms with Gasteiger partial charge in [-0.15, -0.1) is 0 Å². The molecular formula is C25H37N3O3. The van der Waals surface area contributed by atoms with Crippen LogP contribution in [0.15, 0.2) is 29.2 Å². The van der Waals surface area contributed by atoms with E-state index in [0.717, 1.165) is 41.8 Å². The van der Waals surface area contributed by atoms with Crippen molar-refractivity contribution in [2.45, 2.75) is 67.3 Å². The number of primary amides is 1. The number of hydrogen-bond donors (Lipinski definition) is 1. The molecule has 0 aliphatic heterocycles. The minimum atomic E-state index is -0.602. The summed E-state index contributed by atoms with van der Waals surface area (Å²) in [6.07, 6.45) is 4.34. The average Bonchev–Trinajstić information content (AvgIpc) is 2.65. The van der Waals surface area contributed by atoms with Crippen molar-refractivity contribution in [3.8, 4) is 17.0 Å². The van der Waals surface area contributed by atoms with Crippen LogP contribution in [0, 0.1) is 17.8 Å². The molecule has 0 radical (unpaired) electrons. The lowest BCUT2D eigenvalue weighted by Crippen LogP contribution is -2.28. The standard InChI is InChI=1S/C25H37N3O3/c1-16(2)8-10-28-24(19-7-9-27-21(13-19)12-18(5)6)20(11-17(3)4)14-22(25(28)30)31-15-23(26)29/h7,9,13-14,16-18H,8,10-12,15H2,1-6H3,(H2,26,29). The quantitative estimate of drug-likeness (QED) is 0.582. The van der Waals surface area contributed by atoms with E-state index in [9.17, 15) is 9.59 Å². The van der Waals surface area contributed by atoms with Crippen LogP contribution in [0.3, 0.4) is 0 Å². The van der Waals surface area contributed by atoms with Crippen LogP contribution in [-0.2, 0) is 24.2 Å². The molecule has 6 nitrogen and oxygen atoms in total. The van der Waals surface area contributed by atoms with Crippen LogP contribution in [0.5, 0.6) is 5.75 Å². The second-order valence-corrected chi connectivity index (χ2v) is 9.51. The van der Waals surface area contributed by atoms with Crippen LogP contribution in [0.1, 0.15) is 59.2 Å². The van der Waals surface area contributed by atoms with Crippen molar-refractivity contribution in [2.24, 2.45) is 23.5 Å². The minimum Gasteiger partial charge on any atom is -0.478 e. The maximum atomic E-state index is 13.4. The first-order valence-electron chi connectivity index (χ1n) is 11.2. The van der Waals surface area contributed by atoms with E-state index in [2.05, 4.69) is 52.6 Å². The molecule has 2 rings (SSSR count). The van der Waals surface area contributed by atoms with Gasteiger partial charge in [-0.1, -0.05) is 41.5 Å². The van der Waals surface area contributed by atoms with Crippen LogP contribution in [0.25, 0.3) is 11.3 Å². The number of nitrogens with two attached hydrogens (primary N) is 1. The second-order valence-electron chi connectivity index (χ2n) is 9.51. The van der Waals surface area contributed by atoms with Gasteiger partial charge in [0.25, 0.3) is 11.5 Å². The fraction of sp³-hybridized carbons (Fsp3) is 0.560. The summed E-state index contributed by atoms with van der Waals surface area (Å²) in [6.45, 7) is 13.2. The third-order valence-corrected chi connectivity index (χ3v) is 4.97. The Bertz CT molecular complexity index is 946. The van der Waals surface area contributed by atoms with E-state index in [1.54, 1.807) is 6.07 Å². The number of amides is 1. The van der Waals surface area contributed by atoms with E-state index in [0.29, 0.717) is 24.3 Å². The molecule has 2 heterocycles. The van der Waals surface area contributed by atoms with Gasteiger partial charge in [-0.25, -0.2) is 0 Å². The van der Waals surface area contributed by atoms with E-state index in [-0.39, 0.29) is 17.9 Å². The molecule has 0 unspecified atom stereocenters. The van der Waals surface area contributed by atoms with Gasteiger partial charge < -0.3 is 15.0 Å². The summed E-state index contributed by atoms with van der Waals surface area (Å²) in [5.41, 5.74) is 8.96. The predicted octanol–water partition coefficient (Wildman–Crippen LogP) is 4.22. The molecule has 0 aliphatic rings. The molecule has 170 valence electrons. The summed E-state index contributed by atoms with van der Waals surface area (Å²) in [6, 6.07) is 5.85. The van der Waals surface area contributed by atoms with Crippen molar-refractivity contribution >= 4 is 5.91 Å². The van der Waals surface area contributed by atoms with Crippen molar-refractivity contribution in [3.63, 3.8) is 0 Å². The molecule has 0 bridgehead atoms. The Kier molecular flexibility index (Phi) is 8.84. The van der Waals surface area contributed by atoms with E-state index in [1.165, 1.54) is 0 Å². The Morgan fingerprint density at radius 2 is 1.74 bits per heavy atom. The van der Waals surface area contributed by atoms with Crippen LogP contribution in [0.2, 0.25) is 0 Å². The number of aromatic nitrogens is 2. The minimum absolute atomic E-state index is 0.179. The number of nitrogens with zero attached hydrogens (tertiary/aromatic N) is 2. The first-order chi connectivity index (χ1) is 14.6. The van der Waals surface area contributed by atoms with Gasteiger partial charge in [0.15, 0.2) is 12.4 Å². The summed E-state index contributed by atoms with van der Waals surface area (Å²) < 4.78 is 7.32. The molecule has 1 amide bonds. The SMILES string of the molecule is CC(C)CCn1c(-c2ccnc(CC(C)C)c2)c(CC(C)C)cc(OCC(N)=O)c1=O. The fourth-order valence-corrected chi connectivity index (χ4v) is 3.64. The van der Waals surface area contributed by atoms with Gasteiger partial charge in [0.05, 0.1) is 5.69 Å². The Labute approximate surface area is 185 Å². The molecule has 0 saturated carbocycles. The van der Waals surface area contributed by atoms with Crippen LogP contribution in [-0.4, -0.2) is 22.1 Å². The lowest BCUT2D eigenvalue weighted by molar-refractivity contribution is -0.119. The maximum Gasteiger partial charge on any atom is 0.293 e. The summed E-state index contributed by atoms with van der Waals surface area (Å²) in [5.74, 6) is 0.896. The molecule has 31 heavy (non-hydrogen) atoms. The molecule has 0 aromatic carbocycles. The van der Waals surface area contributed by atoms with E-state index in [1.807, 2.05) is 16.8 Å². The molecule has 2 N–H and O–H groups in total. The van der Waals surface area contributed by atoms with Crippen molar-refractivity contribution in [1.82, 2.24) is 9.55 Å². The van der Waals surface area contributed by atoms with Gasteiger partial charge in [0.2, 0.25) is 0 Å². The highest BCUT2D eigenvalue weighted by Crippen LogP contribution is 2.29. The van der Waals surface area contributed by atoms with Crippen molar-refractivity contribution in [2.75, 3.05) is 6.61 Å². The Balaban J connectivity index is 2.71. The highest BCUT2D eigenvalue weighted by atomic mass is 16.5. The van der Waals surface area contributed by atoms with Crippen LogP contribution < -0.4 is 16.0 Å². The summed E-state index contributed by atoms with van der Waals surface area (Å²) in [7, 11) is 0. The smallest absolute Gasteiger partial charge is 0.293 e. The Morgan fingerprint density at radius 1 is 1.06 bits per heavy atom. The third kappa shape index (κ3) is 7.23. The highest BCUT2D eigenvalue weighted by molar-refractivity contribution is 5.75. The van der Waals surface area contributed by atoms with Crippen molar-refractivity contribution in [1.29, 1.82) is 0 Å². The number of pyridine rings is 2. The maximum absolute atomic E-state index is 13.4. The number of carbonyl (C=O) groups is 1. The molecule has 0 saturated heterocycles. The topological polar surface area (TPSA) is 87.2 Å². The lowest BCUT2D eigenvalue weighted by atomic mass is 9.96. The van der Waals surface area contributed by atoms with Gasteiger partial charge in [-0.2, -0.15) is 0 Å². The van der Waals surface area contributed by atoms with Gasteiger partial charge in [0, 0.05) is 24.0 Å². The van der Waals surface area contributed by atoms with Crippen LogP contribution in [0.4, 0.5) is 0 Å². The molecule has 0 atom stereocenters. The molecule has 0 spiro atoms. The summed E-state index contributed by atoms with van der Waals surface area (Å²) >= 11 is 0. The zero-order chi connectivity index (χ0) is 23.1. The Hall–Kier alpha value is -2.63. The first kappa shape index (κ1) is 24.6. The number of hydrogen-bond acceptors (Lipinski definition) is 4. The summed E-state index contributed by atoms with van der Waals surface area (Å²) in [4.78, 5) is 29.1. The summed E-state index contributed by atoms with van der Waals surface area (Å²) in [5, 5.41) is 0. The first-order valence-corrected chi connectivity index (χ1v) is 11.2. The molecule has 2 aromatic heterocycles. The van der Waals surface area contributed by atoms with E-state index >= 15 is 0 Å². The highest BCUT2D eigenvalue weighted by Gasteiger charge is 2.19. The fourth-order valence-electron chi connectivity index (χ4n) is 3.64. The lowest BCUT2D eigenvalue weighted by Gasteiger charge is -2.21. The van der Waals surface area contributed by atoms with E-state index < -0.39 is 5.91 Å². The monoisotopic (exact) mass is 427 g/mol. The molecule has 6 heteroatoms. The molecule has 0 fully saturated rings. The van der Waals surface area contributed by atoms with Gasteiger partial charge >= 0.3 is 0 Å². The van der Waals surface area contributed by atoms with Gasteiger partial charge in [-0.05, 0) is 60.8 Å². The number of carbonyl (C=O) groups excluding carboxylic acids is 1. The normalized spacial score (nSPS) is 11.5. The van der Waals surface area contributed by atoms with Crippen molar-refractivity contribution in [3.05, 3.63) is 46.0 Å². The number of rotatable bonds is 11. The molecular weight excluding hydrogens is 390 g/mol. The largest absolute Gasteiger partial charge is 0.478 e. The zero-order valence-corrected chi connectivity index (χ0v) is 19.8. The third-order valence-electron chi connectivity index (χ3n) is 4.97. The average molecular weight is 428 g/mol. The van der Waals surface area contributed by atoms with Gasteiger partial charge in [-0.3, -0.25) is 14.6 Å². The molecule has 0 aliphatic carbocycles. The van der Waals surface area contributed by atoms with Gasteiger partial charge in [0.1, 0.15) is 0 Å².